The molecule has 3 aromatic carbocycles. The van der Waals surface area contributed by atoms with E-state index in [9.17, 15) is 19.2 Å². The van der Waals surface area contributed by atoms with Gasteiger partial charge in [0.1, 0.15) is 6.04 Å². The van der Waals surface area contributed by atoms with E-state index in [4.69, 9.17) is 10.2 Å². The second-order valence-corrected chi connectivity index (χ2v) is 8.38. The zero-order valence-corrected chi connectivity index (χ0v) is 19.6. The minimum Gasteiger partial charge on any atom is -0.481 e. The highest BCUT2D eigenvalue weighted by molar-refractivity contribution is 5.97. The van der Waals surface area contributed by atoms with Gasteiger partial charge in [0.05, 0.1) is 6.42 Å². The standard InChI is InChI=1S/C28H28N2O6/c31-25(15-11-19-9-12-22(13-10-19)21-6-2-1-3-7-21)30-24(14-16-26(32)33)28(36)29-23-8-4-5-20(17-23)18-27(34)35/h1-10,12-13,17,24H,11,14-16,18H2,(H,29,36)(H,30,31)(H,32,33)(H,34,35). The molecule has 0 saturated heterocycles. The SMILES string of the molecule is O=C(O)CCC(NC(=O)CCc1ccc(-c2ccccc2)cc1)C(=O)Nc1cccc(CC(=O)O)c1. The Bertz CT molecular complexity index is 1210. The first-order valence-corrected chi connectivity index (χ1v) is 11.6. The normalized spacial score (nSPS) is 11.3. The van der Waals surface area contributed by atoms with Gasteiger partial charge in [-0.1, -0.05) is 66.7 Å². The quantitative estimate of drug-likeness (QED) is 0.306. The van der Waals surface area contributed by atoms with Crippen LogP contribution in [0.4, 0.5) is 5.69 Å². The van der Waals surface area contributed by atoms with Crippen LogP contribution >= 0.6 is 0 Å². The number of rotatable bonds is 12. The number of amides is 2. The zero-order chi connectivity index (χ0) is 25.9. The van der Waals surface area contributed by atoms with Gasteiger partial charge in [0.2, 0.25) is 11.8 Å². The van der Waals surface area contributed by atoms with E-state index in [1.807, 2.05) is 54.6 Å². The van der Waals surface area contributed by atoms with Crippen LogP contribution < -0.4 is 10.6 Å². The number of benzene rings is 3. The Hall–Kier alpha value is -4.46. The van der Waals surface area contributed by atoms with E-state index < -0.39 is 23.9 Å². The van der Waals surface area contributed by atoms with Gasteiger partial charge in [-0.15, -0.1) is 0 Å². The topological polar surface area (TPSA) is 133 Å². The van der Waals surface area contributed by atoms with Crippen LogP contribution in [0.15, 0.2) is 78.9 Å². The van der Waals surface area contributed by atoms with Gasteiger partial charge in [-0.3, -0.25) is 19.2 Å². The van der Waals surface area contributed by atoms with Gasteiger partial charge in [-0.2, -0.15) is 0 Å². The minimum atomic E-state index is -1.08. The zero-order valence-electron chi connectivity index (χ0n) is 19.6. The third kappa shape index (κ3) is 8.39. The van der Waals surface area contributed by atoms with E-state index in [2.05, 4.69) is 10.6 Å². The number of carboxylic acid groups (broad SMARTS) is 2. The van der Waals surface area contributed by atoms with Crippen molar-refractivity contribution in [1.82, 2.24) is 5.32 Å². The Morgan fingerprint density at radius 1 is 0.722 bits per heavy atom. The molecule has 1 unspecified atom stereocenters. The summed E-state index contributed by atoms with van der Waals surface area (Å²) in [7, 11) is 0. The second kappa shape index (κ2) is 12.9. The minimum absolute atomic E-state index is 0.0759. The highest BCUT2D eigenvalue weighted by Gasteiger charge is 2.22. The number of hydrogen-bond donors (Lipinski definition) is 4. The molecule has 2 amide bonds. The molecule has 0 aromatic heterocycles. The highest BCUT2D eigenvalue weighted by Crippen LogP contribution is 2.20. The summed E-state index contributed by atoms with van der Waals surface area (Å²) in [5.41, 5.74) is 4.01. The maximum atomic E-state index is 12.8. The molecule has 8 nitrogen and oxygen atoms in total. The van der Waals surface area contributed by atoms with Gasteiger partial charge in [-0.25, -0.2) is 0 Å². The second-order valence-electron chi connectivity index (χ2n) is 8.38. The summed E-state index contributed by atoms with van der Waals surface area (Å²) in [6, 6.07) is 23.1. The lowest BCUT2D eigenvalue weighted by atomic mass is 10.0. The van der Waals surface area contributed by atoms with Gasteiger partial charge >= 0.3 is 11.9 Å². The van der Waals surface area contributed by atoms with E-state index in [0.29, 0.717) is 17.7 Å². The highest BCUT2D eigenvalue weighted by atomic mass is 16.4. The van der Waals surface area contributed by atoms with Crippen LogP contribution in [-0.2, 0) is 32.0 Å². The molecule has 0 radical (unpaired) electrons. The molecule has 0 spiro atoms. The number of aliphatic carboxylic acids is 2. The maximum absolute atomic E-state index is 12.8. The lowest BCUT2D eigenvalue weighted by Gasteiger charge is -2.18. The Balaban J connectivity index is 1.58. The smallest absolute Gasteiger partial charge is 0.307 e. The number of aryl methyl sites for hydroxylation is 1. The lowest BCUT2D eigenvalue weighted by molar-refractivity contribution is -0.138. The van der Waals surface area contributed by atoms with Crippen molar-refractivity contribution in [3.05, 3.63) is 90.0 Å². The van der Waals surface area contributed by atoms with Gasteiger partial charge in [0.15, 0.2) is 0 Å². The summed E-state index contributed by atoms with van der Waals surface area (Å²) >= 11 is 0. The van der Waals surface area contributed by atoms with E-state index >= 15 is 0 Å². The number of carboxylic acids is 2. The fraction of sp³-hybridized carbons (Fsp3) is 0.214. The summed E-state index contributed by atoms with van der Waals surface area (Å²) in [4.78, 5) is 47.4. The molecule has 3 rings (SSSR count). The molecule has 1 atom stereocenters. The Morgan fingerprint density at radius 3 is 2.08 bits per heavy atom. The van der Waals surface area contributed by atoms with Crippen molar-refractivity contribution < 1.29 is 29.4 Å². The molecule has 8 heteroatoms. The molecule has 0 aliphatic heterocycles. The Morgan fingerprint density at radius 2 is 1.42 bits per heavy atom. The van der Waals surface area contributed by atoms with Gasteiger partial charge in [-0.05, 0) is 47.2 Å². The first-order chi connectivity index (χ1) is 17.3. The van der Waals surface area contributed by atoms with E-state index in [-0.39, 0.29) is 31.6 Å². The predicted molar refractivity (Wildman–Crippen MR) is 135 cm³/mol. The summed E-state index contributed by atoms with van der Waals surface area (Å²) < 4.78 is 0. The van der Waals surface area contributed by atoms with Crippen LogP contribution in [0.25, 0.3) is 11.1 Å². The van der Waals surface area contributed by atoms with E-state index in [1.54, 1.807) is 18.2 Å². The third-order valence-corrected chi connectivity index (χ3v) is 5.55. The van der Waals surface area contributed by atoms with Crippen molar-refractivity contribution in [3.63, 3.8) is 0 Å². The molecule has 4 N–H and O–H groups in total. The summed E-state index contributed by atoms with van der Waals surface area (Å²) in [6.45, 7) is 0. The predicted octanol–water partition coefficient (Wildman–Crippen LogP) is 3.90. The van der Waals surface area contributed by atoms with Crippen LogP contribution in [0.3, 0.4) is 0 Å². The van der Waals surface area contributed by atoms with E-state index in [0.717, 1.165) is 16.7 Å². The number of carbonyl (C=O) groups is 4. The fourth-order valence-corrected chi connectivity index (χ4v) is 3.72. The first-order valence-electron chi connectivity index (χ1n) is 11.6. The molecule has 36 heavy (non-hydrogen) atoms. The van der Waals surface area contributed by atoms with Crippen LogP contribution in [0.5, 0.6) is 0 Å². The van der Waals surface area contributed by atoms with Crippen molar-refractivity contribution in [3.8, 4) is 11.1 Å². The summed E-state index contributed by atoms with van der Waals surface area (Å²) in [6.07, 6.45) is 0.0299. The van der Waals surface area contributed by atoms with Crippen molar-refractivity contribution in [2.75, 3.05) is 5.32 Å². The Kier molecular flexibility index (Phi) is 9.33. The van der Waals surface area contributed by atoms with Crippen molar-refractivity contribution >= 4 is 29.4 Å². The molecule has 0 aliphatic carbocycles. The average Bonchev–Trinajstić information content (AvgIpc) is 2.86. The van der Waals surface area contributed by atoms with Gasteiger partial charge < -0.3 is 20.8 Å². The molecule has 0 bridgehead atoms. The van der Waals surface area contributed by atoms with Crippen molar-refractivity contribution in [1.29, 1.82) is 0 Å². The average molecular weight is 489 g/mol. The monoisotopic (exact) mass is 488 g/mol. The van der Waals surface area contributed by atoms with Crippen molar-refractivity contribution in [2.24, 2.45) is 0 Å². The van der Waals surface area contributed by atoms with Gasteiger partial charge in [0.25, 0.3) is 0 Å². The molecule has 186 valence electrons. The lowest BCUT2D eigenvalue weighted by Crippen LogP contribution is -2.44. The third-order valence-electron chi connectivity index (χ3n) is 5.55. The van der Waals surface area contributed by atoms with Crippen LogP contribution in [0.1, 0.15) is 30.4 Å². The number of hydrogen-bond acceptors (Lipinski definition) is 4. The molecule has 0 aliphatic rings. The molecular weight excluding hydrogens is 460 g/mol. The fourth-order valence-electron chi connectivity index (χ4n) is 3.72. The van der Waals surface area contributed by atoms with Crippen molar-refractivity contribution in [2.45, 2.75) is 38.1 Å². The molecule has 0 heterocycles. The molecular formula is C28H28N2O6. The number of carbonyl (C=O) groups excluding carboxylic acids is 2. The largest absolute Gasteiger partial charge is 0.481 e. The summed E-state index contributed by atoms with van der Waals surface area (Å²) in [5, 5.41) is 23.3. The molecule has 3 aromatic rings. The van der Waals surface area contributed by atoms with E-state index in [1.165, 1.54) is 6.07 Å². The van der Waals surface area contributed by atoms with Crippen LogP contribution in [0, 0.1) is 0 Å². The number of nitrogens with one attached hydrogen (secondary N) is 2. The first kappa shape index (κ1) is 26.2. The molecule has 0 fully saturated rings. The van der Waals surface area contributed by atoms with Crippen LogP contribution in [-0.4, -0.2) is 40.0 Å². The maximum Gasteiger partial charge on any atom is 0.307 e. The molecule has 0 saturated carbocycles. The van der Waals surface area contributed by atoms with Gasteiger partial charge in [0, 0.05) is 18.5 Å². The Labute approximate surface area is 209 Å². The number of anilines is 1. The summed E-state index contributed by atoms with van der Waals surface area (Å²) in [5.74, 6) is -3.01. The van der Waals surface area contributed by atoms with Crippen LogP contribution in [0.2, 0.25) is 0 Å².